The Bertz CT molecular complexity index is 476. The lowest BCUT2D eigenvalue weighted by Crippen LogP contribution is -2.24. The van der Waals surface area contributed by atoms with E-state index in [-0.39, 0.29) is 23.6 Å². The number of hydrogen-bond acceptors (Lipinski definition) is 2. The Morgan fingerprint density at radius 3 is 2.40 bits per heavy atom. The van der Waals surface area contributed by atoms with Gasteiger partial charge in [0.25, 0.3) is 0 Å². The van der Waals surface area contributed by atoms with Crippen LogP contribution < -0.4 is 4.74 Å². The highest BCUT2D eigenvalue weighted by Gasteiger charge is 2.21. The lowest BCUT2D eigenvalue weighted by molar-refractivity contribution is -0.128. The first-order valence-electron chi connectivity index (χ1n) is 6.78. The van der Waals surface area contributed by atoms with E-state index < -0.39 is 11.6 Å². The lowest BCUT2D eigenvalue weighted by Gasteiger charge is -2.12. The summed E-state index contributed by atoms with van der Waals surface area (Å²) in [6, 6.07) is 2.29. The molecule has 0 heterocycles. The van der Waals surface area contributed by atoms with E-state index in [1.165, 1.54) is 17.7 Å². The standard InChI is InChI=1S/C15H19F2NO2/c1-18(2)15(19)9-12-13(16)7-11(8-14(12)17)20-6-5-10-3-4-10/h7-8,10H,3-6,9H2,1-2H3. The number of carbonyl (C=O) groups excluding carboxylic acids is 1. The van der Waals surface area contributed by atoms with Crippen LogP contribution in [0.3, 0.4) is 0 Å². The zero-order valence-corrected chi connectivity index (χ0v) is 11.8. The molecule has 110 valence electrons. The largest absolute Gasteiger partial charge is 0.493 e. The fourth-order valence-electron chi connectivity index (χ4n) is 1.89. The van der Waals surface area contributed by atoms with Crippen molar-refractivity contribution in [1.29, 1.82) is 0 Å². The fourth-order valence-corrected chi connectivity index (χ4v) is 1.89. The van der Waals surface area contributed by atoms with Gasteiger partial charge in [0, 0.05) is 31.8 Å². The highest BCUT2D eigenvalue weighted by molar-refractivity contribution is 5.78. The predicted octanol–water partition coefficient (Wildman–Crippen LogP) is 2.77. The molecule has 0 N–H and O–H groups in total. The Morgan fingerprint density at radius 1 is 1.30 bits per heavy atom. The van der Waals surface area contributed by atoms with Gasteiger partial charge in [-0.1, -0.05) is 12.8 Å². The van der Waals surface area contributed by atoms with Crippen LogP contribution in [0, 0.1) is 17.6 Å². The molecular weight excluding hydrogens is 264 g/mol. The zero-order valence-electron chi connectivity index (χ0n) is 11.8. The number of amides is 1. The van der Waals surface area contributed by atoms with Gasteiger partial charge in [-0.25, -0.2) is 8.78 Å². The molecule has 0 atom stereocenters. The first-order chi connectivity index (χ1) is 9.47. The smallest absolute Gasteiger partial charge is 0.226 e. The second kappa shape index (κ2) is 6.20. The second-order valence-electron chi connectivity index (χ2n) is 5.41. The molecule has 5 heteroatoms. The molecule has 0 aliphatic heterocycles. The highest BCUT2D eigenvalue weighted by Crippen LogP contribution is 2.32. The molecule has 1 aromatic rings. The van der Waals surface area contributed by atoms with Gasteiger partial charge < -0.3 is 9.64 Å². The third-order valence-corrected chi connectivity index (χ3v) is 3.43. The number of carbonyl (C=O) groups is 1. The molecule has 0 bridgehead atoms. The molecule has 1 aliphatic rings. The van der Waals surface area contributed by atoms with Gasteiger partial charge in [-0.05, 0) is 12.3 Å². The van der Waals surface area contributed by atoms with Crippen molar-refractivity contribution in [2.45, 2.75) is 25.7 Å². The van der Waals surface area contributed by atoms with E-state index in [9.17, 15) is 13.6 Å². The van der Waals surface area contributed by atoms with E-state index in [4.69, 9.17) is 4.74 Å². The Labute approximate surface area is 117 Å². The van der Waals surface area contributed by atoms with Crippen molar-refractivity contribution in [3.8, 4) is 5.75 Å². The maximum absolute atomic E-state index is 13.8. The van der Waals surface area contributed by atoms with Crippen molar-refractivity contribution in [2.24, 2.45) is 5.92 Å². The second-order valence-corrected chi connectivity index (χ2v) is 5.41. The number of likely N-dealkylation sites (N-methyl/N-ethyl adjacent to an activating group) is 1. The normalized spacial score (nSPS) is 14.2. The van der Waals surface area contributed by atoms with Crippen LogP contribution in [0.2, 0.25) is 0 Å². The third kappa shape index (κ3) is 3.92. The summed E-state index contributed by atoms with van der Waals surface area (Å²) in [5, 5.41) is 0. The third-order valence-electron chi connectivity index (χ3n) is 3.43. The van der Waals surface area contributed by atoms with Crippen molar-refractivity contribution < 1.29 is 18.3 Å². The van der Waals surface area contributed by atoms with Crippen LogP contribution in [0.1, 0.15) is 24.8 Å². The van der Waals surface area contributed by atoms with Gasteiger partial charge in [0.15, 0.2) is 0 Å². The minimum atomic E-state index is -0.735. The average Bonchev–Trinajstić information content (AvgIpc) is 3.17. The number of halogens is 2. The highest BCUT2D eigenvalue weighted by atomic mass is 19.1. The van der Waals surface area contributed by atoms with Crippen LogP contribution in [0.25, 0.3) is 0 Å². The molecule has 3 nitrogen and oxygen atoms in total. The van der Waals surface area contributed by atoms with Crippen LogP contribution in [-0.4, -0.2) is 31.5 Å². The zero-order chi connectivity index (χ0) is 14.7. The number of rotatable bonds is 6. The van der Waals surface area contributed by atoms with Crippen LogP contribution in [0.5, 0.6) is 5.75 Å². The summed E-state index contributed by atoms with van der Waals surface area (Å²) in [5.74, 6) is -0.920. The van der Waals surface area contributed by atoms with E-state index in [0.717, 1.165) is 18.6 Å². The summed E-state index contributed by atoms with van der Waals surface area (Å²) in [4.78, 5) is 12.8. The minimum Gasteiger partial charge on any atom is -0.493 e. The summed E-state index contributed by atoms with van der Waals surface area (Å²) < 4.78 is 33.0. The van der Waals surface area contributed by atoms with E-state index >= 15 is 0 Å². The number of ether oxygens (including phenoxy) is 1. The first-order valence-corrected chi connectivity index (χ1v) is 6.78. The topological polar surface area (TPSA) is 29.5 Å². The van der Waals surface area contributed by atoms with Crippen LogP contribution >= 0.6 is 0 Å². The van der Waals surface area contributed by atoms with Gasteiger partial charge >= 0.3 is 0 Å². The molecule has 1 fully saturated rings. The molecular formula is C15H19F2NO2. The molecule has 0 unspecified atom stereocenters. The summed E-state index contributed by atoms with van der Waals surface area (Å²) in [7, 11) is 3.10. The first kappa shape index (κ1) is 14.8. The molecule has 1 aliphatic carbocycles. The molecule has 20 heavy (non-hydrogen) atoms. The summed E-state index contributed by atoms with van der Waals surface area (Å²) in [6.07, 6.45) is 3.08. The Morgan fingerprint density at radius 2 is 1.90 bits per heavy atom. The van der Waals surface area contributed by atoms with Crippen LogP contribution in [0.15, 0.2) is 12.1 Å². The molecule has 0 aromatic heterocycles. The van der Waals surface area contributed by atoms with Gasteiger partial charge in [0.1, 0.15) is 17.4 Å². The summed E-state index contributed by atoms with van der Waals surface area (Å²) in [6.45, 7) is 0.472. The predicted molar refractivity (Wildman–Crippen MR) is 71.6 cm³/mol. The fraction of sp³-hybridized carbons (Fsp3) is 0.533. The van der Waals surface area contributed by atoms with Crippen molar-refractivity contribution >= 4 is 5.91 Å². The Balaban J connectivity index is 2.01. The van der Waals surface area contributed by atoms with E-state index in [0.29, 0.717) is 12.5 Å². The molecule has 1 amide bonds. The maximum Gasteiger partial charge on any atom is 0.226 e. The molecule has 2 rings (SSSR count). The molecule has 0 spiro atoms. The summed E-state index contributed by atoms with van der Waals surface area (Å²) >= 11 is 0. The van der Waals surface area contributed by atoms with Crippen LogP contribution in [0.4, 0.5) is 8.78 Å². The molecule has 0 saturated heterocycles. The molecule has 1 saturated carbocycles. The van der Waals surface area contributed by atoms with Crippen molar-refractivity contribution in [3.05, 3.63) is 29.3 Å². The van der Waals surface area contributed by atoms with Gasteiger partial charge in [-0.2, -0.15) is 0 Å². The van der Waals surface area contributed by atoms with Gasteiger partial charge in [-0.15, -0.1) is 0 Å². The van der Waals surface area contributed by atoms with Crippen molar-refractivity contribution in [2.75, 3.05) is 20.7 Å². The number of hydrogen-bond donors (Lipinski definition) is 0. The van der Waals surface area contributed by atoms with Gasteiger partial charge in [0.05, 0.1) is 13.0 Å². The van der Waals surface area contributed by atoms with E-state index in [1.807, 2.05) is 0 Å². The minimum absolute atomic E-state index is 0.182. The monoisotopic (exact) mass is 283 g/mol. The quantitative estimate of drug-likeness (QED) is 0.803. The SMILES string of the molecule is CN(C)C(=O)Cc1c(F)cc(OCCC2CC2)cc1F. The Kier molecular flexibility index (Phi) is 4.57. The maximum atomic E-state index is 13.8. The number of benzene rings is 1. The van der Waals surface area contributed by atoms with Gasteiger partial charge in [0.2, 0.25) is 5.91 Å². The molecule has 0 radical (unpaired) electrons. The van der Waals surface area contributed by atoms with Crippen LogP contribution in [-0.2, 0) is 11.2 Å². The average molecular weight is 283 g/mol. The number of nitrogens with zero attached hydrogens (tertiary/aromatic N) is 1. The van der Waals surface area contributed by atoms with Crippen molar-refractivity contribution in [3.63, 3.8) is 0 Å². The van der Waals surface area contributed by atoms with Crippen molar-refractivity contribution in [1.82, 2.24) is 4.90 Å². The Hall–Kier alpha value is -1.65. The lowest BCUT2D eigenvalue weighted by atomic mass is 10.1. The summed E-state index contributed by atoms with van der Waals surface area (Å²) in [5.41, 5.74) is -0.210. The van der Waals surface area contributed by atoms with Gasteiger partial charge in [-0.3, -0.25) is 4.79 Å². The van der Waals surface area contributed by atoms with E-state index in [1.54, 1.807) is 14.1 Å². The van der Waals surface area contributed by atoms with E-state index in [2.05, 4.69) is 0 Å². The molecule has 1 aromatic carbocycles.